The van der Waals surface area contributed by atoms with Crippen LogP contribution in [0.15, 0.2) is 23.1 Å². The molecule has 0 aliphatic rings. The van der Waals surface area contributed by atoms with Gasteiger partial charge >= 0.3 is 0 Å². The minimum atomic E-state index is -3.83. The van der Waals surface area contributed by atoms with Crippen molar-refractivity contribution < 1.29 is 12.8 Å². The molecule has 1 atom stereocenters. The van der Waals surface area contributed by atoms with Gasteiger partial charge in [0, 0.05) is 18.3 Å². The molecule has 0 fully saturated rings. The van der Waals surface area contributed by atoms with Gasteiger partial charge in [-0.3, -0.25) is 0 Å². The first-order valence-corrected chi connectivity index (χ1v) is 9.28. The first-order chi connectivity index (χ1) is 9.40. The fraction of sp³-hybridized carbons (Fsp3) is 0.538. The molecule has 0 heterocycles. The van der Waals surface area contributed by atoms with Crippen LogP contribution in [-0.4, -0.2) is 33.0 Å². The van der Waals surface area contributed by atoms with Crippen molar-refractivity contribution in [3.8, 4) is 0 Å². The molecule has 0 spiro atoms. The Morgan fingerprint density at radius 3 is 2.70 bits per heavy atom. The first kappa shape index (κ1) is 17.4. The van der Waals surface area contributed by atoms with Gasteiger partial charge in [0.15, 0.2) is 0 Å². The maximum atomic E-state index is 13.8. The van der Waals surface area contributed by atoms with Gasteiger partial charge in [0.2, 0.25) is 10.0 Å². The van der Waals surface area contributed by atoms with E-state index in [1.165, 1.54) is 23.9 Å². The zero-order valence-corrected chi connectivity index (χ0v) is 13.6. The second-order valence-electron chi connectivity index (χ2n) is 4.52. The number of thioether (sulfide) groups is 1. The lowest BCUT2D eigenvalue weighted by Gasteiger charge is -2.14. The monoisotopic (exact) mass is 320 g/mol. The third kappa shape index (κ3) is 5.05. The van der Waals surface area contributed by atoms with Crippen LogP contribution in [-0.2, 0) is 16.6 Å². The Bertz CT molecular complexity index is 535. The highest BCUT2D eigenvalue weighted by Gasteiger charge is 2.21. The van der Waals surface area contributed by atoms with Gasteiger partial charge in [0.25, 0.3) is 0 Å². The third-order valence-electron chi connectivity index (χ3n) is 2.64. The van der Waals surface area contributed by atoms with Gasteiger partial charge in [0.1, 0.15) is 10.7 Å². The topological polar surface area (TPSA) is 58.2 Å². The van der Waals surface area contributed by atoms with Crippen molar-refractivity contribution in [3.63, 3.8) is 0 Å². The smallest absolute Gasteiger partial charge is 0.243 e. The lowest BCUT2D eigenvalue weighted by atomic mass is 10.2. The summed E-state index contributed by atoms with van der Waals surface area (Å²) in [5, 5.41) is 3.08. The number of hydrogen-bond acceptors (Lipinski definition) is 4. The van der Waals surface area contributed by atoms with Crippen LogP contribution in [0.3, 0.4) is 0 Å². The molecule has 20 heavy (non-hydrogen) atoms. The highest BCUT2D eigenvalue weighted by atomic mass is 32.2. The van der Waals surface area contributed by atoms with E-state index < -0.39 is 15.8 Å². The van der Waals surface area contributed by atoms with Crippen LogP contribution in [0.1, 0.15) is 19.4 Å². The summed E-state index contributed by atoms with van der Waals surface area (Å²) in [6.07, 6.45) is 1.89. The molecule has 0 radical (unpaired) electrons. The quantitative estimate of drug-likeness (QED) is 0.769. The summed E-state index contributed by atoms with van der Waals surface area (Å²) in [7, 11) is -3.83. The summed E-state index contributed by atoms with van der Waals surface area (Å²) in [6, 6.07) is 3.92. The molecule has 0 aliphatic carbocycles. The Balaban J connectivity index is 2.98. The van der Waals surface area contributed by atoms with Crippen LogP contribution in [0.2, 0.25) is 0 Å². The molecule has 0 saturated heterocycles. The molecule has 0 bridgehead atoms. The zero-order valence-electron chi connectivity index (χ0n) is 11.9. The van der Waals surface area contributed by atoms with Crippen LogP contribution < -0.4 is 10.0 Å². The summed E-state index contributed by atoms with van der Waals surface area (Å²) in [5.41, 5.74) is 0.742. The summed E-state index contributed by atoms with van der Waals surface area (Å²) in [5.74, 6) is -0.0908. The van der Waals surface area contributed by atoms with Crippen LogP contribution >= 0.6 is 11.8 Å². The predicted molar refractivity (Wildman–Crippen MR) is 81.9 cm³/mol. The van der Waals surface area contributed by atoms with Gasteiger partial charge in [-0.25, -0.2) is 17.5 Å². The zero-order chi connectivity index (χ0) is 15.2. The highest BCUT2D eigenvalue weighted by molar-refractivity contribution is 7.98. The van der Waals surface area contributed by atoms with E-state index in [9.17, 15) is 12.8 Å². The summed E-state index contributed by atoms with van der Waals surface area (Å²) >= 11 is 1.53. The highest BCUT2D eigenvalue weighted by Crippen LogP contribution is 2.17. The van der Waals surface area contributed by atoms with Crippen molar-refractivity contribution >= 4 is 21.8 Å². The summed E-state index contributed by atoms with van der Waals surface area (Å²) in [6.45, 7) is 4.99. The Hall–Kier alpha value is -0.630. The Morgan fingerprint density at radius 2 is 2.10 bits per heavy atom. The Morgan fingerprint density at radius 1 is 1.40 bits per heavy atom. The maximum absolute atomic E-state index is 13.8. The molecule has 0 aliphatic heterocycles. The SMILES string of the molecule is CCNCc1ccc(F)c(S(=O)(=O)NC(C)CSC)c1. The van der Waals surface area contributed by atoms with Crippen molar-refractivity contribution in [1.82, 2.24) is 10.0 Å². The largest absolute Gasteiger partial charge is 0.313 e. The van der Waals surface area contributed by atoms with Gasteiger partial charge < -0.3 is 5.32 Å². The van der Waals surface area contributed by atoms with Gasteiger partial charge in [-0.15, -0.1) is 0 Å². The van der Waals surface area contributed by atoms with Crippen molar-refractivity contribution in [2.45, 2.75) is 31.3 Å². The Kier molecular flexibility index (Phi) is 6.94. The number of sulfonamides is 1. The second-order valence-corrected chi connectivity index (χ2v) is 7.12. The van der Waals surface area contributed by atoms with E-state index in [0.717, 1.165) is 12.1 Å². The number of nitrogens with one attached hydrogen (secondary N) is 2. The molecular formula is C13H21FN2O2S2. The van der Waals surface area contributed by atoms with Crippen molar-refractivity contribution in [2.75, 3.05) is 18.6 Å². The molecule has 114 valence electrons. The molecular weight excluding hydrogens is 299 g/mol. The average Bonchev–Trinajstić information content (AvgIpc) is 2.37. The summed E-state index contributed by atoms with van der Waals surface area (Å²) in [4.78, 5) is -0.291. The fourth-order valence-corrected chi connectivity index (χ4v) is 3.81. The minimum absolute atomic E-state index is 0.244. The lowest BCUT2D eigenvalue weighted by Crippen LogP contribution is -2.34. The van der Waals surface area contributed by atoms with Crippen molar-refractivity contribution in [3.05, 3.63) is 29.6 Å². The standard InChI is InChI=1S/C13H21FN2O2S2/c1-4-15-8-11-5-6-12(14)13(7-11)20(17,18)16-10(2)9-19-3/h5-7,10,15-16H,4,8-9H2,1-3H3. The van der Waals surface area contributed by atoms with Crippen LogP contribution in [0.25, 0.3) is 0 Å². The molecule has 1 unspecified atom stereocenters. The summed E-state index contributed by atoms with van der Waals surface area (Å²) < 4.78 is 40.6. The van der Waals surface area contributed by atoms with Crippen molar-refractivity contribution in [1.29, 1.82) is 0 Å². The van der Waals surface area contributed by atoms with E-state index in [1.807, 2.05) is 13.2 Å². The fourth-order valence-electron chi connectivity index (χ4n) is 1.75. The van der Waals surface area contributed by atoms with Crippen LogP contribution in [0.4, 0.5) is 4.39 Å². The molecule has 1 rings (SSSR count). The lowest BCUT2D eigenvalue weighted by molar-refractivity contribution is 0.548. The number of benzene rings is 1. The average molecular weight is 320 g/mol. The normalized spacial score (nSPS) is 13.4. The van der Waals surface area contributed by atoms with E-state index in [2.05, 4.69) is 10.0 Å². The molecule has 1 aromatic carbocycles. The molecule has 1 aromatic rings. The van der Waals surface area contributed by atoms with Gasteiger partial charge in [-0.2, -0.15) is 11.8 Å². The molecule has 7 heteroatoms. The van der Waals surface area contributed by atoms with Gasteiger partial charge in [-0.05, 0) is 37.4 Å². The van der Waals surface area contributed by atoms with E-state index in [1.54, 1.807) is 13.0 Å². The number of hydrogen-bond donors (Lipinski definition) is 2. The van der Waals surface area contributed by atoms with Gasteiger partial charge in [0.05, 0.1) is 0 Å². The third-order valence-corrected chi connectivity index (χ3v) is 5.08. The molecule has 0 amide bonds. The first-order valence-electron chi connectivity index (χ1n) is 6.41. The Labute approximate surface area is 124 Å². The van der Waals surface area contributed by atoms with E-state index >= 15 is 0 Å². The molecule has 0 aromatic heterocycles. The van der Waals surface area contributed by atoms with E-state index in [4.69, 9.17) is 0 Å². The van der Waals surface area contributed by atoms with E-state index in [-0.39, 0.29) is 10.9 Å². The molecule has 0 saturated carbocycles. The molecule has 2 N–H and O–H groups in total. The van der Waals surface area contributed by atoms with Crippen LogP contribution in [0, 0.1) is 5.82 Å². The van der Waals surface area contributed by atoms with Gasteiger partial charge in [-0.1, -0.05) is 13.0 Å². The maximum Gasteiger partial charge on any atom is 0.243 e. The predicted octanol–water partition coefficient (Wildman–Crippen LogP) is 1.96. The molecule has 4 nitrogen and oxygen atoms in total. The van der Waals surface area contributed by atoms with Crippen LogP contribution in [0.5, 0.6) is 0 Å². The second kappa shape index (κ2) is 7.97. The number of halogens is 1. The minimum Gasteiger partial charge on any atom is -0.313 e. The van der Waals surface area contributed by atoms with Crippen molar-refractivity contribution in [2.24, 2.45) is 0 Å². The van der Waals surface area contributed by atoms with E-state index in [0.29, 0.717) is 12.3 Å². The number of rotatable bonds is 8.